The van der Waals surface area contributed by atoms with Gasteiger partial charge in [0.25, 0.3) is 0 Å². The largest absolute Gasteiger partial charge is 0.496 e. The third kappa shape index (κ3) is 2.93. The van der Waals surface area contributed by atoms with E-state index in [1.54, 1.807) is 7.11 Å². The molecule has 0 radical (unpaired) electrons. The maximum Gasteiger partial charge on any atom is 0.126 e. The number of aliphatic hydroxyl groups excluding tert-OH is 1. The monoisotopic (exact) mass is 256 g/mol. The summed E-state index contributed by atoms with van der Waals surface area (Å²) in [5.74, 6) is 1.17. The minimum absolute atomic E-state index is 0.0568. The highest BCUT2D eigenvalue weighted by Gasteiger charge is 2.26. The van der Waals surface area contributed by atoms with Crippen molar-refractivity contribution in [3.8, 4) is 5.75 Å². The molecule has 0 saturated heterocycles. The van der Waals surface area contributed by atoms with E-state index in [1.165, 1.54) is 0 Å². The molecule has 0 aliphatic rings. The highest BCUT2D eigenvalue weighted by Crippen LogP contribution is 2.39. The van der Waals surface area contributed by atoms with Gasteiger partial charge in [-0.05, 0) is 23.6 Å². The van der Waals surface area contributed by atoms with Crippen LogP contribution >= 0.6 is 11.6 Å². The summed E-state index contributed by atoms with van der Waals surface area (Å²) in [6, 6.07) is 3.81. The summed E-state index contributed by atoms with van der Waals surface area (Å²) in [5.41, 5.74) is 1.68. The maximum atomic E-state index is 9.49. The van der Waals surface area contributed by atoms with Crippen molar-refractivity contribution < 1.29 is 9.84 Å². The maximum absolute atomic E-state index is 9.49. The molecule has 96 valence electrons. The Hall–Kier alpha value is -0.730. The number of aliphatic hydroxyl groups is 1. The first-order valence-corrected chi connectivity index (χ1v) is 6.20. The van der Waals surface area contributed by atoms with E-state index in [1.807, 2.05) is 26.0 Å². The van der Waals surface area contributed by atoms with Crippen LogP contribution in [0.2, 0.25) is 5.02 Å². The lowest BCUT2D eigenvalue weighted by Crippen LogP contribution is -2.23. The van der Waals surface area contributed by atoms with Gasteiger partial charge in [0, 0.05) is 16.0 Å². The molecule has 0 aromatic heterocycles. The molecule has 0 amide bonds. The molecule has 0 atom stereocenters. The van der Waals surface area contributed by atoms with Gasteiger partial charge in [-0.1, -0.05) is 39.3 Å². The Labute approximate surface area is 109 Å². The van der Waals surface area contributed by atoms with Gasteiger partial charge < -0.3 is 9.84 Å². The second-order valence-electron chi connectivity index (χ2n) is 5.27. The van der Waals surface area contributed by atoms with Crippen LogP contribution in [-0.2, 0) is 5.41 Å². The average Bonchev–Trinajstić information content (AvgIpc) is 2.27. The summed E-state index contributed by atoms with van der Waals surface area (Å²) in [7, 11) is 1.66. The predicted octanol–water partition coefficient (Wildman–Crippen LogP) is 3.74. The van der Waals surface area contributed by atoms with E-state index in [0.29, 0.717) is 10.9 Å². The Balaban J connectivity index is 3.49. The molecule has 0 aliphatic heterocycles. The van der Waals surface area contributed by atoms with Crippen molar-refractivity contribution in [1.82, 2.24) is 0 Å². The molecular weight excluding hydrogens is 236 g/mol. The van der Waals surface area contributed by atoms with E-state index < -0.39 is 0 Å². The number of hydrogen-bond acceptors (Lipinski definition) is 2. The van der Waals surface area contributed by atoms with Gasteiger partial charge in [0.2, 0.25) is 0 Å². The molecule has 1 N–H and O–H groups in total. The zero-order valence-electron chi connectivity index (χ0n) is 11.2. The number of ether oxygens (including phenoxy) is 1. The average molecular weight is 257 g/mol. The molecule has 2 nitrogen and oxygen atoms in total. The van der Waals surface area contributed by atoms with E-state index in [9.17, 15) is 5.11 Å². The van der Waals surface area contributed by atoms with Gasteiger partial charge in [-0.25, -0.2) is 0 Å². The van der Waals surface area contributed by atoms with Crippen LogP contribution in [0.1, 0.15) is 44.7 Å². The van der Waals surface area contributed by atoms with Crippen molar-refractivity contribution in [2.24, 2.45) is 0 Å². The van der Waals surface area contributed by atoms with E-state index in [0.717, 1.165) is 16.9 Å². The van der Waals surface area contributed by atoms with Crippen LogP contribution in [0.3, 0.4) is 0 Å². The van der Waals surface area contributed by atoms with Crippen LogP contribution in [0, 0.1) is 0 Å². The molecule has 0 spiro atoms. The molecule has 17 heavy (non-hydrogen) atoms. The number of hydrogen-bond donors (Lipinski definition) is 1. The predicted molar refractivity (Wildman–Crippen MR) is 72.2 cm³/mol. The van der Waals surface area contributed by atoms with Crippen LogP contribution in [0.15, 0.2) is 12.1 Å². The molecular formula is C14H21ClO2. The summed E-state index contributed by atoms with van der Waals surface area (Å²) in [5, 5.41) is 10.2. The number of methoxy groups -OCH3 is 1. The first-order chi connectivity index (χ1) is 7.83. The Morgan fingerprint density at radius 3 is 2.35 bits per heavy atom. The topological polar surface area (TPSA) is 29.5 Å². The molecule has 1 rings (SSSR count). The van der Waals surface area contributed by atoms with Gasteiger partial charge in [-0.15, -0.1) is 0 Å². The van der Waals surface area contributed by atoms with Gasteiger partial charge in [-0.3, -0.25) is 0 Å². The summed E-state index contributed by atoms with van der Waals surface area (Å²) in [4.78, 5) is 0. The Morgan fingerprint density at radius 1 is 1.35 bits per heavy atom. The van der Waals surface area contributed by atoms with Crippen LogP contribution in [0.5, 0.6) is 5.75 Å². The first-order valence-electron chi connectivity index (χ1n) is 5.82. The first kappa shape index (κ1) is 14.3. The second-order valence-corrected chi connectivity index (χ2v) is 5.71. The Bertz CT molecular complexity index is 397. The Kier molecular flexibility index (Phi) is 4.45. The summed E-state index contributed by atoms with van der Waals surface area (Å²) in [6.07, 6.45) is 0. The molecule has 0 heterocycles. The molecule has 1 aromatic rings. The molecule has 0 fully saturated rings. The van der Waals surface area contributed by atoms with E-state index >= 15 is 0 Å². The second kappa shape index (κ2) is 5.28. The fourth-order valence-electron chi connectivity index (χ4n) is 1.86. The van der Waals surface area contributed by atoms with Crippen LogP contribution in [0.4, 0.5) is 0 Å². The number of halogens is 1. The fraction of sp³-hybridized carbons (Fsp3) is 0.571. The lowest BCUT2D eigenvalue weighted by atomic mass is 9.82. The minimum Gasteiger partial charge on any atom is -0.496 e. The van der Waals surface area contributed by atoms with E-state index in [-0.39, 0.29) is 12.0 Å². The van der Waals surface area contributed by atoms with Gasteiger partial charge in [0.1, 0.15) is 5.75 Å². The van der Waals surface area contributed by atoms with Crippen LogP contribution in [-0.4, -0.2) is 18.8 Å². The third-order valence-electron chi connectivity index (χ3n) is 3.03. The smallest absolute Gasteiger partial charge is 0.126 e. The van der Waals surface area contributed by atoms with Gasteiger partial charge in [0.15, 0.2) is 0 Å². The molecule has 1 aromatic carbocycles. The third-order valence-corrected chi connectivity index (χ3v) is 3.25. The fourth-order valence-corrected chi connectivity index (χ4v) is 2.09. The van der Waals surface area contributed by atoms with E-state index in [4.69, 9.17) is 16.3 Å². The SMILES string of the molecule is COc1c(C(C)C)cc(Cl)cc1C(C)(C)CO. The van der Waals surface area contributed by atoms with Crippen molar-refractivity contribution in [3.05, 3.63) is 28.3 Å². The highest BCUT2D eigenvalue weighted by atomic mass is 35.5. The standard InChI is InChI=1S/C14H21ClO2/c1-9(2)11-6-10(15)7-12(13(11)17-5)14(3,4)8-16/h6-7,9,16H,8H2,1-5H3. The lowest BCUT2D eigenvalue weighted by Gasteiger charge is -2.27. The summed E-state index contributed by atoms with van der Waals surface area (Å²) < 4.78 is 5.51. The van der Waals surface area contributed by atoms with Crippen molar-refractivity contribution in [3.63, 3.8) is 0 Å². The summed E-state index contributed by atoms with van der Waals surface area (Å²) in [6.45, 7) is 8.21. The lowest BCUT2D eigenvalue weighted by molar-refractivity contribution is 0.214. The van der Waals surface area contributed by atoms with Gasteiger partial charge >= 0.3 is 0 Å². The molecule has 0 unspecified atom stereocenters. The summed E-state index contributed by atoms with van der Waals surface area (Å²) >= 11 is 6.15. The molecule has 0 aliphatic carbocycles. The van der Waals surface area contributed by atoms with E-state index in [2.05, 4.69) is 13.8 Å². The van der Waals surface area contributed by atoms with Gasteiger partial charge in [-0.2, -0.15) is 0 Å². The number of rotatable bonds is 4. The normalized spacial score (nSPS) is 12.0. The Morgan fingerprint density at radius 2 is 1.94 bits per heavy atom. The van der Waals surface area contributed by atoms with Gasteiger partial charge in [0.05, 0.1) is 13.7 Å². The van der Waals surface area contributed by atoms with Crippen molar-refractivity contribution in [1.29, 1.82) is 0 Å². The van der Waals surface area contributed by atoms with Crippen LogP contribution < -0.4 is 4.74 Å². The highest BCUT2D eigenvalue weighted by molar-refractivity contribution is 6.30. The minimum atomic E-state index is -0.361. The molecule has 0 saturated carbocycles. The zero-order chi connectivity index (χ0) is 13.2. The zero-order valence-corrected chi connectivity index (χ0v) is 11.9. The van der Waals surface area contributed by atoms with Crippen molar-refractivity contribution in [2.75, 3.05) is 13.7 Å². The van der Waals surface area contributed by atoms with Crippen molar-refractivity contribution in [2.45, 2.75) is 39.0 Å². The van der Waals surface area contributed by atoms with Crippen molar-refractivity contribution >= 4 is 11.6 Å². The number of benzene rings is 1. The molecule has 0 bridgehead atoms. The quantitative estimate of drug-likeness (QED) is 0.889. The molecule has 3 heteroatoms. The van der Waals surface area contributed by atoms with Crippen LogP contribution in [0.25, 0.3) is 0 Å².